The van der Waals surface area contributed by atoms with E-state index in [0.29, 0.717) is 22.8 Å². The average molecular weight is 535 g/mol. The summed E-state index contributed by atoms with van der Waals surface area (Å²) in [5.41, 5.74) is 4.13. The fourth-order valence-corrected chi connectivity index (χ4v) is 5.07. The van der Waals surface area contributed by atoms with Crippen molar-refractivity contribution in [3.05, 3.63) is 83.9 Å². The van der Waals surface area contributed by atoms with E-state index in [1.165, 1.54) is 35.3 Å². The number of hydrogen-bond acceptors (Lipinski definition) is 5. The number of hydrazone groups is 1. The summed E-state index contributed by atoms with van der Waals surface area (Å²) in [5.74, 6) is -0.142. The molecule has 11 heteroatoms. The maximum atomic E-state index is 13.8. The van der Waals surface area contributed by atoms with E-state index in [9.17, 15) is 18.4 Å². The first-order valence-electron chi connectivity index (χ1n) is 11.9. The molecule has 5 rings (SSSR count). The molecule has 1 unspecified atom stereocenters. The number of benzene rings is 3. The van der Waals surface area contributed by atoms with Crippen LogP contribution in [0, 0.1) is 11.6 Å². The van der Waals surface area contributed by atoms with Gasteiger partial charge in [-0.2, -0.15) is 5.10 Å². The molecule has 2 heterocycles. The number of amides is 3. The number of imidazole rings is 1. The van der Waals surface area contributed by atoms with Crippen LogP contribution in [-0.2, 0) is 7.05 Å². The van der Waals surface area contributed by atoms with E-state index >= 15 is 0 Å². The van der Waals surface area contributed by atoms with Crippen LogP contribution in [0.2, 0.25) is 0 Å². The zero-order valence-corrected chi connectivity index (χ0v) is 21.4. The van der Waals surface area contributed by atoms with Crippen molar-refractivity contribution in [2.45, 2.75) is 12.2 Å². The van der Waals surface area contributed by atoms with Crippen LogP contribution < -0.4 is 10.6 Å². The van der Waals surface area contributed by atoms with Gasteiger partial charge in [0, 0.05) is 30.4 Å². The molecule has 1 atom stereocenters. The number of anilines is 1. The van der Waals surface area contributed by atoms with E-state index in [0.717, 1.165) is 28.4 Å². The van der Waals surface area contributed by atoms with Gasteiger partial charge >= 0.3 is 11.3 Å². The molecule has 3 aromatic carbocycles. The third-order valence-corrected chi connectivity index (χ3v) is 7.04. The van der Waals surface area contributed by atoms with Gasteiger partial charge in [-0.15, -0.1) is 0 Å². The Bertz CT molecular complexity index is 1570. The molecule has 0 radical (unpaired) electrons. The van der Waals surface area contributed by atoms with Crippen molar-refractivity contribution in [3.8, 4) is 11.4 Å². The van der Waals surface area contributed by atoms with Crippen LogP contribution >= 0.6 is 11.8 Å². The average Bonchev–Trinajstić information content (AvgIpc) is 3.21. The monoisotopic (exact) mass is 534 g/mol. The number of fused-ring (bicyclic) bond motifs is 1. The van der Waals surface area contributed by atoms with Crippen LogP contribution in [0.1, 0.15) is 12.5 Å². The van der Waals surface area contributed by atoms with E-state index in [4.69, 9.17) is 4.98 Å². The molecule has 194 valence electrons. The lowest BCUT2D eigenvalue weighted by Gasteiger charge is -2.27. The number of thioether (sulfide) groups is 1. The van der Waals surface area contributed by atoms with E-state index in [-0.39, 0.29) is 29.4 Å². The minimum atomic E-state index is -0.514. The van der Waals surface area contributed by atoms with Gasteiger partial charge in [0.1, 0.15) is 17.5 Å². The summed E-state index contributed by atoms with van der Waals surface area (Å²) in [6.07, 6.45) is 0. The second-order valence-electron chi connectivity index (χ2n) is 8.73. The van der Waals surface area contributed by atoms with Crippen LogP contribution in [0.25, 0.3) is 22.4 Å². The summed E-state index contributed by atoms with van der Waals surface area (Å²) in [4.78, 5) is 29.5. The third-order valence-electron chi connectivity index (χ3n) is 6.05. The molecular formula is C27H24F2N6O2S. The molecule has 4 aromatic rings. The molecule has 0 bridgehead atoms. The zero-order valence-electron chi connectivity index (χ0n) is 20.6. The van der Waals surface area contributed by atoms with Crippen molar-refractivity contribution < 1.29 is 18.4 Å². The fraction of sp³-hybridized carbons (Fsp3) is 0.185. The van der Waals surface area contributed by atoms with Gasteiger partial charge in [-0.3, -0.25) is 4.79 Å². The highest BCUT2D eigenvalue weighted by molar-refractivity contribution is 8.14. The predicted octanol–water partition coefficient (Wildman–Crippen LogP) is 5.60. The molecular weight excluding hydrogens is 510 g/mol. The van der Waals surface area contributed by atoms with Crippen molar-refractivity contribution >= 4 is 45.5 Å². The highest BCUT2D eigenvalue weighted by Crippen LogP contribution is 2.29. The van der Waals surface area contributed by atoms with Crippen molar-refractivity contribution in [1.82, 2.24) is 19.9 Å². The van der Waals surface area contributed by atoms with Gasteiger partial charge in [0.2, 0.25) is 0 Å². The second kappa shape index (κ2) is 10.6. The van der Waals surface area contributed by atoms with E-state index < -0.39 is 11.8 Å². The van der Waals surface area contributed by atoms with Crippen LogP contribution in [0.3, 0.4) is 0 Å². The van der Waals surface area contributed by atoms with Crippen LogP contribution in [-0.4, -0.2) is 49.9 Å². The van der Waals surface area contributed by atoms with Crippen molar-refractivity contribution in [3.63, 3.8) is 0 Å². The van der Waals surface area contributed by atoms with Gasteiger partial charge < -0.3 is 15.2 Å². The molecule has 3 amide bonds. The molecule has 0 saturated heterocycles. The summed E-state index contributed by atoms with van der Waals surface area (Å²) in [6.45, 7) is 2.22. The normalized spacial score (nSPS) is 15.5. The van der Waals surface area contributed by atoms with Gasteiger partial charge in [0.05, 0.1) is 28.5 Å². The van der Waals surface area contributed by atoms with Crippen molar-refractivity contribution in [2.75, 3.05) is 18.4 Å². The Labute approximate surface area is 221 Å². The van der Waals surface area contributed by atoms with Gasteiger partial charge in [-0.05, 0) is 49.4 Å². The Kier molecular flexibility index (Phi) is 7.10. The van der Waals surface area contributed by atoms with Crippen molar-refractivity contribution in [1.29, 1.82) is 0 Å². The maximum Gasteiger partial charge on any atom is 0.319 e. The Morgan fingerprint density at radius 1 is 1.03 bits per heavy atom. The lowest BCUT2D eigenvalue weighted by atomic mass is 10.1. The summed E-state index contributed by atoms with van der Waals surface area (Å²) in [7, 11) is 1.88. The number of hydrogen-bond donors (Lipinski definition) is 2. The SMILES string of the molecule is CC1SC(=O)N(CCNC(=O)Nc2cccc(F)c2)N=C1c1ccc2c(c1)nc(-c1cccc(F)c1)n2C. The molecule has 1 aromatic heterocycles. The van der Waals surface area contributed by atoms with Gasteiger partial charge in [-0.1, -0.05) is 36.0 Å². The molecule has 0 aliphatic carbocycles. The highest BCUT2D eigenvalue weighted by Gasteiger charge is 2.28. The van der Waals surface area contributed by atoms with Crippen LogP contribution in [0.15, 0.2) is 71.8 Å². The first-order valence-corrected chi connectivity index (χ1v) is 12.8. The number of carbonyl (C=O) groups is 2. The predicted molar refractivity (Wildman–Crippen MR) is 145 cm³/mol. The van der Waals surface area contributed by atoms with Gasteiger partial charge in [-0.25, -0.2) is 23.6 Å². The Morgan fingerprint density at radius 2 is 1.79 bits per heavy atom. The number of halogens is 2. The minimum absolute atomic E-state index is 0.148. The fourth-order valence-electron chi connectivity index (χ4n) is 4.22. The number of nitrogens with one attached hydrogen (secondary N) is 2. The number of carbonyl (C=O) groups excluding carboxylic acids is 2. The largest absolute Gasteiger partial charge is 0.336 e. The molecule has 1 aliphatic rings. The van der Waals surface area contributed by atoms with Crippen LogP contribution in [0.4, 0.5) is 24.1 Å². The maximum absolute atomic E-state index is 13.8. The Balaban J connectivity index is 1.32. The number of rotatable bonds is 6. The molecule has 0 spiro atoms. The topological polar surface area (TPSA) is 91.6 Å². The Morgan fingerprint density at radius 3 is 2.55 bits per heavy atom. The molecule has 0 fully saturated rings. The Hall–Kier alpha value is -4.25. The molecule has 1 aliphatic heterocycles. The molecule has 2 N–H and O–H groups in total. The first-order chi connectivity index (χ1) is 18.3. The van der Waals surface area contributed by atoms with Gasteiger partial charge in [0.15, 0.2) is 0 Å². The number of aryl methyl sites for hydroxylation is 1. The summed E-state index contributed by atoms with van der Waals surface area (Å²) >= 11 is 1.15. The highest BCUT2D eigenvalue weighted by atomic mass is 32.2. The van der Waals surface area contributed by atoms with Crippen molar-refractivity contribution in [2.24, 2.45) is 12.1 Å². The molecule has 8 nitrogen and oxygen atoms in total. The first kappa shape index (κ1) is 25.4. The molecule has 38 heavy (non-hydrogen) atoms. The van der Waals surface area contributed by atoms with Crippen LogP contribution in [0.5, 0.6) is 0 Å². The van der Waals surface area contributed by atoms with E-state index in [1.54, 1.807) is 12.1 Å². The third kappa shape index (κ3) is 5.37. The zero-order chi connectivity index (χ0) is 26.8. The minimum Gasteiger partial charge on any atom is -0.336 e. The van der Waals surface area contributed by atoms with E-state index in [1.807, 2.05) is 42.8 Å². The van der Waals surface area contributed by atoms with E-state index in [2.05, 4.69) is 15.7 Å². The standard InChI is InChI=1S/C27H24F2N6O2S/c1-16-24(17-9-10-23-22(14-17)32-25(34(23)2)18-5-3-6-19(28)13-18)33-35(27(37)38-16)12-11-30-26(36)31-21-8-4-7-20(29)15-21/h3-10,13-16H,11-12H2,1-2H3,(H2,30,31,36). The number of aromatic nitrogens is 2. The number of urea groups is 1. The number of nitrogens with zero attached hydrogens (tertiary/aromatic N) is 4. The summed E-state index contributed by atoms with van der Waals surface area (Å²) < 4.78 is 29.0. The summed E-state index contributed by atoms with van der Waals surface area (Å²) in [6, 6.07) is 17.1. The second-order valence-corrected chi connectivity index (χ2v) is 10.0. The lowest BCUT2D eigenvalue weighted by Crippen LogP contribution is -2.40. The lowest BCUT2D eigenvalue weighted by molar-refractivity contribution is 0.223. The summed E-state index contributed by atoms with van der Waals surface area (Å²) in [5, 5.41) is 10.7. The van der Waals surface area contributed by atoms with Gasteiger partial charge in [0.25, 0.3) is 0 Å². The quantitative estimate of drug-likeness (QED) is 0.337. The molecule has 0 saturated carbocycles. The smallest absolute Gasteiger partial charge is 0.319 e.